The van der Waals surface area contributed by atoms with E-state index in [0.29, 0.717) is 12.5 Å². The lowest BCUT2D eigenvalue weighted by atomic mass is 9.97. The molecule has 2 atom stereocenters. The van der Waals surface area contributed by atoms with E-state index >= 15 is 0 Å². The van der Waals surface area contributed by atoms with Crippen molar-refractivity contribution in [1.82, 2.24) is 0 Å². The molecular formula is C12H14ClFO2. The van der Waals surface area contributed by atoms with Gasteiger partial charge in [0.1, 0.15) is 0 Å². The minimum absolute atomic E-state index is 0.0853. The van der Waals surface area contributed by atoms with Crippen molar-refractivity contribution >= 4 is 11.6 Å². The zero-order valence-electron chi connectivity index (χ0n) is 9.08. The first-order valence-electron chi connectivity index (χ1n) is 5.27. The zero-order chi connectivity index (χ0) is 11.5. The molecule has 0 N–H and O–H groups in total. The van der Waals surface area contributed by atoms with Crippen LogP contribution < -0.4 is 4.74 Å². The molecule has 2 rings (SSSR count). The number of hydrogen-bond acceptors (Lipinski definition) is 2. The van der Waals surface area contributed by atoms with Crippen molar-refractivity contribution in [1.29, 1.82) is 0 Å². The first kappa shape index (κ1) is 11.7. The van der Waals surface area contributed by atoms with Gasteiger partial charge in [-0.05, 0) is 24.1 Å². The van der Waals surface area contributed by atoms with Crippen LogP contribution >= 0.6 is 11.6 Å². The average Bonchev–Trinajstić information content (AvgIpc) is 2.77. The number of alkyl halides is 1. The first-order valence-corrected chi connectivity index (χ1v) is 5.80. The molecule has 0 saturated carbocycles. The Kier molecular flexibility index (Phi) is 3.66. The molecule has 1 heterocycles. The Labute approximate surface area is 99.3 Å². The van der Waals surface area contributed by atoms with Crippen LogP contribution in [0.4, 0.5) is 4.39 Å². The maximum atomic E-state index is 13.5. The van der Waals surface area contributed by atoms with Crippen LogP contribution in [0.3, 0.4) is 0 Å². The number of rotatable bonds is 3. The first-order chi connectivity index (χ1) is 7.76. The van der Waals surface area contributed by atoms with Gasteiger partial charge >= 0.3 is 0 Å². The Morgan fingerprint density at radius 1 is 1.56 bits per heavy atom. The highest BCUT2D eigenvalue weighted by Crippen LogP contribution is 2.36. The van der Waals surface area contributed by atoms with Gasteiger partial charge in [-0.2, -0.15) is 0 Å². The minimum Gasteiger partial charge on any atom is -0.494 e. The molecule has 1 aliphatic rings. The van der Waals surface area contributed by atoms with Crippen molar-refractivity contribution in [2.45, 2.75) is 12.5 Å². The predicted octanol–water partition coefficient (Wildman–Crippen LogP) is 3.15. The van der Waals surface area contributed by atoms with Gasteiger partial charge in [0.25, 0.3) is 0 Å². The minimum atomic E-state index is -0.358. The maximum Gasteiger partial charge on any atom is 0.165 e. The molecule has 1 aromatic carbocycles. The molecule has 16 heavy (non-hydrogen) atoms. The number of halogens is 2. The quantitative estimate of drug-likeness (QED) is 0.761. The summed E-state index contributed by atoms with van der Waals surface area (Å²) in [5, 5.41) is 0. The summed E-state index contributed by atoms with van der Waals surface area (Å²) >= 11 is 5.85. The molecule has 0 spiro atoms. The monoisotopic (exact) mass is 244 g/mol. The molecule has 4 heteroatoms. The van der Waals surface area contributed by atoms with Crippen molar-refractivity contribution in [2.24, 2.45) is 5.92 Å². The standard InChI is InChI=1S/C12H14ClFO2/c1-15-11-3-2-8(6-10(11)14)12-9(7-13)4-5-16-12/h2-3,6,9,12H,4-5,7H2,1H3. The van der Waals surface area contributed by atoms with Crippen LogP contribution in [-0.2, 0) is 4.74 Å². The van der Waals surface area contributed by atoms with Gasteiger partial charge in [-0.1, -0.05) is 6.07 Å². The second kappa shape index (κ2) is 5.02. The summed E-state index contributed by atoms with van der Waals surface area (Å²) in [5.74, 6) is 0.709. The topological polar surface area (TPSA) is 18.5 Å². The Morgan fingerprint density at radius 3 is 3.00 bits per heavy atom. The van der Waals surface area contributed by atoms with Crippen LogP contribution in [0, 0.1) is 11.7 Å². The molecule has 0 amide bonds. The fourth-order valence-electron chi connectivity index (χ4n) is 2.02. The van der Waals surface area contributed by atoms with E-state index in [1.807, 2.05) is 6.07 Å². The van der Waals surface area contributed by atoms with Crippen LogP contribution in [-0.4, -0.2) is 19.6 Å². The lowest BCUT2D eigenvalue weighted by Crippen LogP contribution is -2.09. The van der Waals surface area contributed by atoms with E-state index < -0.39 is 0 Å². The summed E-state index contributed by atoms with van der Waals surface area (Å²) in [6.45, 7) is 0.690. The van der Waals surface area contributed by atoms with Gasteiger partial charge in [-0.3, -0.25) is 0 Å². The van der Waals surface area contributed by atoms with Crippen LogP contribution in [0.2, 0.25) is 0 Å². The molecule has 1 fully saturated rings. The van der Waals surface area contributed by atoms with Crippen molar-refractivity contribution in [2.75, 3.05) is 19.6 Å². The Morgan fingerprint density at radius 2 is 2.38 bits per heavy atom. The van der Waals surface area contributed by atoms with Crippen molar-refractivity contribution in [3.8, 4) is 5.75 Å². The molecule has 2 nitrogen and oxygen atoms in total. The predicted molar refractivity (Wildman–Crippen MR) is 60.5 cm³/mol. The van der Waals surface area contributed by atoms with Crippen molar-refractivity contribution in [3.05, 3.63) is 29.6 Å². The fraction of sp³-hybridized carbons (Fsp3) is 0.500. The molecule has 0 bridgehead atoms. The normalized spacial score (nSPS) is 24.7. The van der Waals surface area contributed by atoms with Gasteiger partial charge in [-0.25, -0.2) is 4.39 Å². The van der Waals surface area contributed by atoms with E-state index in [1.54, 1.807) is 6.07 Å². The van der Waals surface area contributed by atoms with E-state index in [1.165, 1.54) is 13.2 Å². The van der Waals surface area contributed by atoms with Crippen LogP contribution in [0.5, 0.6) is 5.75 Å². The largest absolute Gasteiger partial charge is 0.494 e. The third-order valence-electron chi connectivity index (χ3n) is 2.92. The molecule has 88 valence electrons. The van der Waals surface area contributed by atoms with Gasteiger partial charge in [0.15, 0.2) is 11.6 Å². The van der Waals surface area contributed by atoms with Crippen LogP contribution in [0.25, 0.3) is 0 Å². The SMILES string of the molecule is COc1ccc(C2OCCC2CCl)cc1F. The lowest BCUT2D eigenvalue weighted by molar-refractivity contribution is 0.0948. The molecule has 0 aliphatic carbocycles. The number of benzene rings is 1. The molecule has 0 radical (unpaired) electrons. The lowest BCUT2D eigenvalue weighted by Gasteiger charge is -2.17. The highest BCUT2D eigenvalue weighted by atomic mass is 35.5. The third-order valence-corrected chi connectivity index (χ3v) is 3.31. The second-order valence-electron chi connectivity index (χ2n) is 3.89. The molecule has 1 saturated heterocycles. The molecular weight excluding hydrogens is 231 g/mol. The summed E-state index contributed by atoms with van der Waals surface area (Å²) in [6.07, 6.45) is 0.847. The summed E-state index contributed by atoms with van der Waals surface area (Å²) in [5.41, 5.74) is 0.835. The summed E-state index contributed by atoms with van der Waals surface area (Å²) in [7, 11) is 1.45. The van der Waals surface area contributed by atoms with E-state index in [4.69, 9.17) is 21.1 Å². The van der Waals surface area contributed by atoms with Gasteiger partial charge in [0.05, 0.1) is 13.2 Å². The highest BCUT2D eigenvalue weighted by molar-refractivity contribution is 6.18. The number of ether oxygens (including phenoxy) is 2. The second-order valence-corrected chi connectivity index (χ2v) is 4.20. The molecule has 1 aliphatic heterocycles. The fourth-order valence-corrected chi connectivity index (χ4v) is 2.34. The smallest absolute Gasteiger partial charge is 0.165 e. The van der Waals surface area contributed by atoms with Crippen LogP contribution in [0.15, 0.2) is 18.2 Å². The Hall–Kier alpha value is -0.800. The Balaban J connectivity index is 2.23. The summed E-state index contributed by atoms with van der Waals surface area (Å²) in [4.78, 5) is 0. The third kappa shape index (κ3) is 2.15. The van der Waals surface area contributed by atoms with Gasteiger partial charge in [0.2, 0.25) is 0 Å². The van der Waals surface area contributed by atoms with E-state index in [-0.39, 0.29) is 23.6 Å². The van der Waals surface area contributed by atoms with E-state index in [9.17, 15) is 4.39 Å². The number of methoxy groups -OCH3 is 1. The van der Waals surface area contributed by atoms with Gasteiger partial charge in [-0.15, -0.1) is 11.6 Å². The van der Waals surface area contributed by atoms with Gasteiger partial charge < -0.3 is 9.47 Å². The van der Waals surface area contributed by atoms with Crippen molar-refractivity contribution < 1.29 is 13.9 Å². The molecule has 1 aromatic rings. The average molecular weight is 245 g/mol. The van der Waals surface area contributed by atoms with Gasteiger partial charge in [0, 0.05) is 18.4 Å². The van der Waals surface area contributed by atoms with E-state index in [0.717, 1.165) is 12.0 Å². The number of hydrogen-bond donors (Lipinski definition) is 0. The van der Waals surface area contributed by atoms with Crippen LogP contribution in [0.1, 0.15) is 18.1 Å². The highest BCUT2D eigenvalue weighted by Gasteiger charge is 2.29. The molecule has 2 unspecified atom stereocenters. The Bertz CT molecular complexity index is 370. The van der Waals surface area contributed by atoms with E-state index in [2.05, 4.69) is 0 Å². The summed E-state index contributed by atoms with van der Waals surface area (Å²) in [6, 6.07) is 4.92. The maximum absolute atomic E-state index is 13.5. The molecule has 0 aromatic heterocycles. The summed E-state index contributed by atoms with van der Waals surface area (Å²) < 4.78 is 24.0. The van der Waals surface area contributed by atoms with Crippen molar-refractivity contribution in [3.63, 3.8) is 0 Å². The zero-order valence-corrected chi connectivity index (χ0v) is 9.84.